The molecular formula is C33H46N6OS2. The van der Waals surface area contributed by atoms with Gasteiger partial charge in [0.2, 0.25) is 5.13 Å². The van der Waals surface area contributed by atoms with E-state index in [0.717, 1.165) is 57.2 Å². The van der Waals surface area contributed by atoms with E-state index in [1.807, 2.05) is 62.6 Å². The number of carbonyl (C=O) groups excluding carboxylic acids is 1. The first-order chi connectivity index (χ1) is 20.4. The van der Waals surface area contributed by atoms with Crippen LogP contribution < -0.4 is 10.6 Å². The first-order valence-corrected chi connectivity index (χ1v) is 16.1. The minimum absolute atomic E-state index is 0.529. The van der Waals surface area contributed by atoms with Crippen molar-refractivity contribution >= 4 is 45.5 Å². The van der Waals surface area contributed by atoms with Crippen LogP contribution in [-0.4, -0.2) is 48.6 Å². The van der Waals surface area contributed by atoms with E-state index in [9.17, 15) is 4.79 Å². The summed E-state index contributed by atoms with van der Waals surface area (Å²) in [6.07, 6.45) is 7.97. The van der Waals surface area contributed by atoms with Crippen molar-refractivity contribution in [3.8, 4) is 0 Å². The highest BCUT2D eigenvalue weighted by atomic mass is 32.2. The normalized spacial score (nSPS) is 16.1. The number of aldehydes is 1. The summed E-state index contributed by atoms with van der Waals surface area (Å²) in [5, 5.41) is 17.7. The number of allylic oxidation sites excluding steroid dienone is 1. The summed E-state index contributed by atoms with van der Waals surface area (Å²) in [7, 11) is 5.50. The topological polar surface area (TPSA) is 91.6 Å². The second kappa shape index (κ2) is 20.6. The fourth-order valence-electron chi connectivity index (χ4n) is 4.32. The number of carbonyl (C=O) groups is 1. The molecule has 0 saturated heterocycles. The maximum absolute atomic E-state index is 9.97. The van der Waals surface area contributed by atoms with Crippen molar-refractivity contribution in [2.45, 2.75) is 58.8 Å². The Morgan fingerprint density at radius 3 is 2.14 bits per heavy atom. The standard InChI is InChI=1S/C22H30N6S2.C8H8O.C3H8/c1-15(10-17-11-18(12-17)14-20-27-28-22(25-4)30-20)29-21(24-3)26-19(23-2)13-16-8-6-5-7-9-16;9-7-6-8-4-2-1-3-5-8;1-3-2/h5-9,17-18H,1,10-14H2,2-4H3,(H,25,28)(H,23,24,26);1-5,7H,6H2;3H2,1-2H3. The van der Waals surface area contributed by atoms with Crippen LogP contribution in [0, 0.1) is 11.8 Å². The highest BCUT2D eigenvalue weighted by Crippen LogP contribution is 2.41. The van der Waals surface area contributed by atoms with Gasteiger partial charge in [-0.3, -0.25) is 9.98 Å². The van der Waals surface area contributed by atoms with E-state index in [4.69, 9.17) is 0 Å². The number of benzene rings is 2. The smallest absolute Gasteiger partial charge is 0.205 e. The Hall–Kier alpha value is -3.30. The van der Waals surface area contributed by atoms with E-state index in [1.165, 1.54) is 24.8 Å². The van der Waals surface area contributed by atoms with Crippen LogP contribution in [0.1, 0.15) is 55.7 Å². The monoisotopic (exact) mass is 606 g/mol. The third-order valence-electron chi connectivity index (χ3n) is 6.34. The van der Waals surface area contributed by atoms with Gasteiger partial charge >= 0.3 is 0 Å². The van der Waals surface area contributed by atoms with Crippen molar-refractivity contribution in [2.75, 3.05) is 26.5 Å². The van der Waals surface area contributed by atoms with Gasteiger partial charge in [-0.1, -0.05) is 111 Å². The molecule has 0 bridgehead atoms. The molecule has 1 aromatic heterocycles. The molecule has 0 amide bonds. The molecule has 1 aliphatic carbocycles. The molecule has 0 atom stereocenters. The van der Waals surface area contributed by atoms with E-state index in [0.29, 0.717) is 18.3 Å². The fourth-order valence-corrected chi connectivity index (χ4v) is 5.98. The lowest BCUT2D eigenvalue weighted by Gasteiger charge is -2.35. The summed E-state index contributed by atoms with van der Waals surface area (Å²) in [6.45, 7) is 8.53. The lowest BCUT2D eigenvalue weighted by Crippen LogP contribution is -2.30. The number of aliphatic imine (C=N–C) groups is 2. The quantitative estimate of drug-likeness (QED) is 0.141. The molecule has 0 radical (unpaired) electrons. The van der Waals surface area contributed by atoms with Gasteiger partial charge in [-0.2, -0.15) is 0 Å². The van der Waals surface area contributed by atoms with E-state index >= 15 is 0 Å². The van der Waals surface area contributed by atoms with Gasteiger partial charge in [0.05, 0.1) is 0 Å². The van der Waals surface area contributed by atoms with Crippen LogP contribution in [0.15, 0.2) is 82.1 Å². The molecule has 2 aromatic carbocycles. The molecule has 1 fully saturated rings. The number of hydrogen-bond acceptors (Lipinski definition) is 8. The lowest BCUT2D eigenvalue weighted by atomic mass is 9.72. The maximum Gasteiger partial charge on any atom is 0.205 e. The largest absolute Gasteiger partial charge is 0.363 e. The summed E-state index contributed by atoms with van der Waals surface area (Å²) < 4.78 is 0. The van der Waals surface area contributed by atoms with Crippen molar-refractivity contribution < 1.29 is 4.79 Å². The molecule has 9 heteroatoms. The van der Waals surface area contributed by atoms with Crippen LogP contribution in [0.2, 0.25) is 0 Å². The number of rotatable bonds is 10. The van der Waals surface area contributed by atoms with Gasteiger partial charge in [-0.25, -0.2) is 0 Å². The Bertz CT molecular complexity index is 1240. The van der Waals surface area contributed by atoms with Crippen molar-refractivity contribution in [1.82, 2.24) is 15.5 Å². The third kappa shape index (κ3) is 13.6. The summed E-state index contributed by atoms with van der Waals surface area (Å²) in [5.74, 6) is 2.32. The zero-order valence-corrected chi connectivity index (χ0v) is 27.3. The highest BCUT2D eigenvalue weighted by molar-refractivity contribution is 8.17. The maximum atomic E-state index is 9.97. The second-order valence-corrected chi connectivity index (χ2v) is 12.3. The minimum atomic E-state index is 0.529. The number of nitrogens with zero attached hydrogens (tertiary/aromatic N) is 4. The zero-order valence-electron chi connectivity index (χ0n) is 25.7. The Labute approximate surface area is 260 Å². The Kier molecular flexibility index (Phi) is 17.1. The van der Waals surface area contributed by atoms with Crippen molar-refractivity contribution in [3.05, 3.63) is 88.3 Å². The Morgan fingerprint density at radius 2 is 1.62 bits per heavy atom. The molecule has 0 unspecified atom stereocenters. The molecule has 4 rings (SSSR count). The average Bonchev–Trinajstić information content (AvgIpc) is 3.45. The van der Waals surface area contributed by atoms with Crippen LogP contribution in [0.4, 0.5) is 5.13 Å². The number of aromatic nitrogens is 2. The first-order valence-electron chi connectivity index (χ1n) is 14.5. The lowest BCUT2D eigenvalue weighted by molar-refractivity contribution is -0.107. The van der Waals surface area contributed by atoms with E-state index < -0.39 is 0 Å². The van der Waals surface area contributed by atoms with Crippen LogP contribution in [-0.2, 0) is 24.1 Å². The summed E-state index contributed by atoms with van der Waals surface area (Å²) in [6, 6.07) is 20.0. The molecule has 0 aliphatic heterocycles. The number of amidine groups is 2. The van der Waals surface area contributed by atoms with E-state index in [1.54, 1.807) is 30.1 Å². The SMILES string of the molecule is C=C(CC1CC(Cc2nnc(NC)s2)C1)SC(=NC)NC(Cc1ccccc1)=NC.CCC.O=CCc1ccccc1. The minimum Gasteiger partial charge on any atom is -0.363 e. The molecule has 7 nitrogen and oxygen atoms in total. The molecule has 42 heavy (non-hydrogen) atoms. The number of anilines is 1. The zero-order chi connectivity index (χ0) is 30.6. The van der Waals surface area contributed by atoms with Crippen LogP contribution in [0.25, 0.3) is 0 Å². The summed E-state index contributed by atoms with van der Waals surface area (Å²) >= 11 is 3.28. The van der Waals surface area contributed by atoms with Gasteiger partial charge in [0.25, 0.3) is 0 Å². The average molecular weight is 607 g/mol. The van der Waals surface area contributed by atoms with Gasteiger partial charge < -0.3 is 15.4 Å². The van der Waals surface area contributed by atoms with Gasteiger partial charge in [0.15, 0.2) is 5.17 Å². The Morgan fingerprint density at radius 1 is 1.00 bits per heavy atom. The van der Waals surface area contributed by atoms with Gasteiger partial charge in [-0.05, 0) is 47.1 Å². The number of nitrogens with one attached hydrogen (secondary N) is 2. The van der Waals surface area contributed by atoms with Gasteiger partial charge in [-0.15, -0.1) is 10.2 Å². The molecule has 1 aliphatic rings. The van der Waals surface area contributed by atoms with Crippen LogP contribution in [0.3, 0.4) is 0 Å². The van der Waals surface area contributed by atoms with E-state index in [2.05, 4.69) is 63.4 Å². The molecule has 3 aromatic rings. The number of hydrogen-bond donors (Lipinski definition) is 2. The number of thioether (sulfide) groups is 1. The fraction of sp³-hybridized carbons (Fsp3) is 0.424. The van der Waals surface area contributed by atoms with E-state index in [-0.39, 0.29) is 0 Å². The molecule has 1 saturated carbocycles. The highest BCUT2D eigenvalue weighted by Gasteiger charge is 2.30. The van der Waals surface area contributed by atoms with Crippen molar-refractivity contribution in [1.29, 1.82) is 0 Å². The Balaban J connectivity index is 0.000000429. The predicted octanol–water partition coefficient (Wildman–Crippen LogP) is 7.48. The molecule has 2 N–H and O–H groups in total. The molecule has 1 heterocycles. The molecular weight excluding hydrogens is 561 g/mol. The molecule has 0 spiro atoms. The van der Waals surface area contributed by atoms with Crippen LogP contribution in [0.5, 0.6) is 0 Å². The van der Waals surface area contributed by atoms with Crippen LogP contribution >= 0.6 is 23.1 Å². The van der Waals surface area contributed by atoms with Gasteiger partial charge in [0.1, 0.15) is 17.1 Å². The second-order valence-electron chi connectivity index (χ2n) is 10.1. The van der Waals surface area contributed by atoms with Gasteiger partial charge in [0, 0.05) is 40.4 Å². The van der Waals surface area contributed by atoms with Crippen molar-refractivity contribution in [2.24, 2.45) is 21.8 Å². The summed E-state index contributed by atoms with van der Waals surface area (Å²) in [5.41, 5.74) is 2.30. The molecule has 226 valence electrons. The first kappa shape index (κ1) is 34.9. The predicted molar refractivity (Wildman–Crippen MR) is 183 cm³/mol. The third-order valence-corrected chi connectivity index (χ3v) is 8.23. The summed E-state index contributed by atoms with van der Waals surface area (Å²) in [4.78, 5) is 19.9. The van der Waals surface area contributed by atoms with Crippen molar-refractivity contribution in [3.63, 3.8) is 0 Å².